The number of nitrogens with zero attached hydrogens (tertiary/aromatic N) is 1. The summed E-state index contributed by atoms with van der Waals surface area (Å²) < 4.78 is 10.7. The molecule has 7 nitrogen and oxygen atoms in total. The lowest BCUT2D eigenvalue weighted by Crippen LogP contribution is -2.31. The number of hydrogen-bond donors (Lipinski definition) is 1. The van der Waals surface area contributed by atoms with Gasteiger partial charge in [0.15, 0.2) is 0 Å². The fourth-order valence-electron chi connectivity index (χ4n) is 2.44. The van der Waals surface area contributed by atoms with Crippen LogP contribution in [0.1, 0.15) is 42.8 Å². The van der Waals surface area contributed by atoms with Gasteiger partial charge in [0.2, 0.25) is 6.10 Å². The van der Waals surface area contributed by atoms with E-state index in [9.17, 15) is 14.4 Å². The van der Waals surface area contributed by atoms with Crippen LogP contribution in [0.2, 0.25) is 0 Å². The molecule has 0 spiro atoms. The molecule has 2 amide bonds. The van der Waals surface area contributed by atoms with Gasteiger partial charge < -0.3 is 14.4 Å². The van der Waals surface area contributed by atoms with Crippen molar-refractivity contribution in [1.82, 2.24) is 4.90 Å². The average molecular weight is 398 g/mol. The van der Waals surface area contributed by atoms with Gasteiger partial charge in [-0.15, -0.1) is 0 Å². The Morgan fingerprint density at radius 2 is 1.62 bits per heavy atom. The lowest BCUT2D eigenvalue weighted by Gasteiger charge is -2.21. The summed E-state index contributed by atoms with van der Waals surface area (Å²) in [6.45, 7) is 5.27. The topological polar surface area (TPSA) is 84.9 Å². The van der Waals surface area contributed by atoms with Gasteiger partial charge in [-0.25, -0.2) is 9.59 Å². The minimum atomic E-state index is -1.07. The monoisotopic (exact) mass is 398 g/mol. The number of anilines is 1. The Labute approximate surface area is 170 Å². The molecule has 0 aromatic heterocycles. The zero-order valence-electron chi connectivity index (χ0n) is 17.3. The molecule has 0 fully saturated rings. The fourth-order valence-corrected chi connectivity index (χ4v) is 2.44. The van der Waals surface area contributed by atoms with Crippen LogP contribution in [0.5, 0.6) is 0 Å². The fraction of sp³-hybridized carbons (Fsp3) is 0.318. The maximum Gasteiger partial charge on any atom is 0.412 e. The second-order valence-electron chi connectivity index (χ2n) is 7.64. The number of carbonyl (C=O) groups excluding carboxylic acids is 3. The molecule has 0 aliphatic heterocycles. The van der Waals surface area contributed by atoms with Gasteiger partial charge in [-0.2, -0.15) is 0 Å². The predicted molar refractivity (Wildman–Crippen MR) is 110 cm³/mol. The first-order valence-corrected chi connectivity index (χ1v) is 9.14. The number of rotatable bonds is 5. The van der Waals surface area contributed by atoms with Gasteiger partial charge in [0.1, 0.15) is 5.60 Å². The van der Waals surface area contributed by atoms with E-state index in [1.54, 1.807) is 77.3 Å². The summed E-state index contributed by atoms with van der Waals surface area (Å²) in [5, 5.41) is 2.58. The molecular formula is C22H26N2O5. The summed E-state index contributed by atoms with van der Waals surface area (Å²) in [7, 11) is 3.19. The molecule has 0 aliphatic carbocycles. The molecular weight excluding hydrogens is 372 g/mol. The Morgan fingerprint density at radius 1 is 0.966 bits per heavy atom. The molecule has 0 radical (unpaired) electrons. The van der Waals surface area contributed by atoms with E-state index in [0.29, 0.717) is 11.3 Å². The number of benzene rings is 2. The van der Waals surface area contributed by atoms with E-state index in [1.807, 2.05) is 6.07 Å². The second-order valence-corrected chi connectivity index (χ2v) is 7.64. The standard InChI is InChI=1S/C22H26N2O5/c1-22(2,3)29-21(27)23-17-13-9-12-16(14-17)20(26)28-18(19(25)24(4)5)15-10-7-6-8-11-15/h6-14,18H,1-5H3,(H,23,27)/t18-/m1/s1. The van der Waals surface area contributed by atoms with E-state index in [2.05, 4.69) is 5.32 Å². The smallest absolute Gasteiger partial charge is 0.412 e. The molecule has 0 saturated heterocycles. The van der Waals surface area contributed by atoms with Gasteiger partial charge in [0.05, 0.1) is 5.56 Å². The maximum absolute atomic E-state index is 12.7. The van der Waals surface area contributed by atoms with Gasteiger partial charge >= 0.3 is 12.1 Å². The largest absolute Gasteiger partial charge is 0.444 e. The highest BCUT2D eigenvalue weighted by Gasteiger charge is 2.27. The van der Waals surface area contributed by atoms with Crippen LogP contribution in [-0.4, -0.2) is 42.6 Å². The molecule has 1 N–H and O–H groups in total. The van der Waals surface area contributed by atoms with Crippen molar-refractivity contribution < 1.29 is 23.9 Å². The van der Waals surface area contributed by atoms with Gasteiger partial charge in [-0.1, -0.05) is 36.4 Å². The van der Waals surface area contributed by atoms with Gasteiger partial charge in [-0.3, -0.25) is 10.1 Å². The first kappa shape index (κ1) is 21.9. The third-order valence-electron chi connectivity index (χ3n) is 3.74. The average Bonchev–Trinajstić information content (AvgIpc) is 2.64. The van der Waals surface area contributed by atoms with Crippen LogP contribution in [0.15, 0.2) is 54.6 Å². The highest BCUT2D eigenvalue weighted by molar-refractivity contribution is 5.94. The van der Waals surface area contributed by atoms with E-state index in [-0.39, 0.29) is 11.5 Å². The number of esters is 1. The van der Waals surface area contributed by atoms with Crippen LogP contribution < -0.4 is 5.32 Å². The summed E-state index contributed by atoms with van der Waals surface area (Å²) in [5.41, 5.74) is 0.508. The van der Waals surface area contributed by atoms with Crippen molar-refractivity contribution in [2.75, 3.05) is 19.4 Å². The molecule has 0 unspecified atom stereocenters. The molecule has 7 heteroatoms. The molecule has 2 aromatic rings. The normalized spacial score (nSPS) is 11.9. The molecule has 2 aromatic carbocycles. The van der Waals surface area contributed by atoms with Crippen LogP contribution in [-0.2, 0) is 14.3 Å². The van der Waals surface area contributed by atoms with Crippen molar-refractivity contribution >= 4 is 23.7 Å². The maximum atomic E-state index is 12.7. The van der Waals surface area contributed by atoms with Gasteiger partial charge in [-0.05, 0) is 39.0 Å². The van der Waals surface area contributed by atoms with E-state index in [1.165, 1.54) is 11.0 Å². The molecule has 1 atom stereocenters. The number of amides is 2. The van der Waals surface area contributed by atoms with Crippen molar-refractivity contribution in [3.05, 3.63) is 65.7 Å². The van der Waals surface area contributed by atoms with E-state index >= 15 is 0 Å². The first-order valence-electron chi connectivity index (χ1n) is 9.14. The minimum Gasteiger partial charge on any atom is -0.444 e. The number of nitrogens with one attached hydrogen (secondary N) is 1. The van der Waals surface area contributed by atoms with E-state index < -0.39 is 23.8 Å². The Bertz CT molecular complexity index is 872. The van der Waals surface area contributed by atoms with Crippen molar-refractivity contribution in [3.63, 3.8) is 0 Å². The molecule has 29 heavy (non-hydrogen) atoms. The quantitative estimate of drug-likeness (QED) is 0.769. The summed E-state index contributed by atoms with van der Waals surface area (Å²) in [5.74, 6) is -1.03. The SMILES string of the molecule is CN(C)C(=O)[C@H](OC(=O)c1cccc(NC(=O)OC(C)(C)C)c1)c1ccccc1. The highest BCUT2D eigenvalue weighted by Crippen LogP contribution is 2.22. The summed E-state index contributed by atoms with van der Waals surface area (Å²) in [4.78, 5) is 38.5. The first-order chi connectivity index (χ1) is 13.6. The van der Waals surface area contributed by atoms with Crippen LogP contribution in [0.25, 0.3) is 0 Å². The van der Waals surface area contributed by atoms with Crippen LogP contribution >= 0.6 is 0 Å². The van der Waals surface area contributed by atoms with E-state index in [4.69, 9.17) is 9.47 Å². The van der Waals surface area contributed by atoms with Crippen molar-refractivity contribution in [3.8, 4) is 0 Å². The number of likely N-dealkylation sites (N-methyl/N-ethyl adjacent to an activating group) is 1. The minimum absolute atomic E-state index is 0.200. The van der Waals surface area contributed by atoms with Crippen molar-refractivity contribution in [1.29, 1.82) is 0 Å². The molecule has 2 rings (SSSR count). The third kappa shape index (κ3) is 6.64. The lowest BCUT2D eigenvalue weighted by atomic mass is 10.1. The molecule has 0 aliphatic rings. The highest BCUT2D eigenvalue weighted by atomic mass is 16.6. The zero-order valence-corrected chi connectivity index (χ0v) is 17.3. The van der Waals surface area contributed by atoms with Gasteiger partial charge in [0.25, 0.3) is 5.91 Å². The number of ether oxygens (including phenoxy) is 2. The Morgan fingerprint density at radius 3 is 2.21 bits per heavy atom. The summed E-state index contributed by atoms with van der Waals surface area (Å²) in [6, 6.07) is 15.0. The molecule has 0 bridgehead atoms. The molecule has 154 valence electrons. The number of carbonyl (C=O) groups is 3. The zero-order chi connectivity index (χ0) is 21.6. The van der Waals surface area contributed by atoms with Crippen LogP contribution in [0.4, 0.5) is 10.5 Å². The number of hydrogen-bond acceptors (Lipinski definition) is 5. The lowest BCUT2D eigenvalue weighted by molar-refractivity contribution is -0.138. The third-order valence-corrected chi connectivity index (χ3v) is 3.74. The summed E-state index contributed by atoms with van der Waals surface area (Å²) >= 11 is 0. The van der Waals surface area contributed by atoms with Gasteiger partial charge in [0, 0.05) is 25.3 Å². The Hall–Kier alpha value is -3.35. The van der Waals surface area contributed by atoms with Crippen molar-refractivity contribution in [2.24, 2.45) is 0 Å². The second kappa shape index (κ2) is 9.23. The van der Waals surface area contributed by atoms with Crippen molar-refractivity contribution in [2.45, 2.75) is 32.5 Å². The summed E-state index contributed by atoms with van der Waals surface area (Å²) in [6.07, 6.45) is -1.70. The van der Waals surface area contributed by atoms with E-state index in [0.717, 1.165) is 0 Å². The predicted octanol–water partition coefficient (Wildman–Crippen LogP) is 4.02. The molecule has 0 saturated carbocycles. The Kier molecular flexibility index (Phi) is 6.98. The Balaban J connectivity index is 2.18. The van der Waals surface area contributed by atoms with Crippen LogP contribution in [0.3, 0.4) is 0 Å². The molecule has 0 heterocycles. The van der Waals surface area contributed by atoms with Crippen LogP contribution in [0, 0.1) is 0 Å².